The lowest BCUT2D eigenvalue weighted by atomic mass is 10.00. The second kappa shape index (κ2) is 10.1. The van der Waals surface area contributed by atoms with Gasteiger partial charge in [-0.15, -0.1) is 34.5 Å². The van der Waals surface area contributed by atoms with Gasteiger partial charge >= 0.3 is 0 Å². The summed E-state index contributed by atoms with van der Waals surface area (Å²) in [6.45, 7) is 6.68. The molecule has 2 rings (SSSR count). The number of carbonyl (C=O) groups excluding carboxylic acids is 2. The van der Waals surface area contributed by atoms with E-state index in [9.17, 15) is 9.59 Å². The highest BCUT2D eigenvalue weighted by atomic mass is 35.5. The zero-order valence-corrected chi connectivity index (χ0v) is 18.7. The molecule has 0 aliphatic carbocycles. The molecule has 0 bridgehead atoms. The zero-order chi connectivity index (χ0) is 20.1. The number of carbonyl (C=O) groups is 2. The summed E-state index contributed by atoms with van der Waals surface area (Å²) in [5.74, 6) is 0.0466. The number of amides is 2. The Morgan fingerprint density at radius 1 is 1.37 bits per heavy atom. The molecule has 2 heterocycles. The van der Waals surface area contributed by atoms with Crippen molar-refractivity contribution in [2.75, 3.05) is 13.6 Å². The molecule has 0 radical (unpaired) electrons. The molecule has 2 amide bonds. The topological polar surface area (TPSA) is 53.5 Å². The lowest BCUT2D eigenvalue weighted by Gasteiger charge is -2.34. The SMILES string of the molecule is CC(C)C[C@@H](C(=O)N1CCC[C@@H]1c1nccs1)N(C)C(=O)C[C@@H](C)C(Cl)Cl. The van der Waals surface area contributed by atoms with Gasteiger partial charge in [-0.05, 0) is 31.1 Å². The molecular weight excluding hydrogens is 405 g/mol. The largest absolute Gasteiger partial charge is 0.334 e. The van der Waals surface area contributed by atoms with Crippen molar-refractivity contribution in [3.05, 3.63) is 16.6 Å². The van der Waals surface area contributed by atoms with Gasteiger partial charge in [0.2, 0.25) is 11.8 Å². The Bertz CT molecular complexity index is 624. The maximum Gasteiger partial charge on any atom is 0.245 e. The number of hydrogen-bond acceptors (Lipinski definition) is 4. The van der Waals surface area contributed by atoms with Crippen LogP contribution in [0, 0.1) is 11.8 Å². The van der Waals surface area contributed by atoms with Gasteiger partial charge in [0.1, 0.15) is 15.9 Å². The third-order valence-electron chi connectivity index (χ3n) is 5.04. The van der Waals surface area contributed by atoms with Crippen molar-refractivity contribution in [1.82, 2.24) is 14.8 Å². The highest BCUT2D eigenvalue weighted by Gasteiger charge is 2.38. The molecule has 5 nitrogen and oxygen atoms in total. The fraction of sp³-hybridized carbons (Fsp3) is 0.737. The van der Waals surface area contributed by atoms with Crippen molar-refractivity contribution in [3.63, 3.8) is 0 Å². The molecule has 27 heavy (non-hydrogen) atoms. The molecule has 152 valence electrons. The van der Waals surface area contributed by atoms with E-state index in [4.69, 9.17) is 23.2 Å². The van der Waals surface area contributed by atoms with Crippen LogP contribution in [0.1, 0.15) is 57.5 Å². The summed E-state index contributed by atoms with van der Waals surface area (Å²) in [6, 6.07) is -0.459. The number of thiazole rings is 1. The Labute approximate surface area is 176 Å². The summed E-state index contributed by atoms with van der Waals surface area (Å²) < 4.78 is 0. The molecule has 3 atom stereocenters. The Morgan fingerprint density at radius 3 is 2.63 bits per heavy atom. The van der Waals surface area contributed by atoms with E-state index in [2.05, 4.69) is 18.8 Å². The molecule has 1 aliphatic heterocycles. The van der Waals surface area contributed by atoms with E-state index in [-0.39, 0.29) is 30.2 Å². The average Bonchev–Trinajstić information content (AvgIpc) is 3.28. The van der Waals surface area contributed by atoms with Crippen LogP contribution in [-0.4, -0.2) is 51.1 Å². The Balaban J connectivity index is 2.16. The maximum atomic E-state index is 13.4. The molecule has 8 heteroatoms. The molecule has 1 fully saturated rings. The summed E-state index contributed by atoms with van der Waals surface area (Å²) in [5.41, 5.74) is 0. The van der Waals surface area contributed by atoms with Gasteiger partial charge in [-0.1, -0.05) is 20.8 Å². The van der Waals surface area contributed by atoms with Crippen LogP contribution in [0.3, 0.4) is 0 Å². The normalized spacial score (nSPS) is 19.6. The van der Waals surface area contributed by atoms with Crippen molar-refractivity contribution >= 4 is 46.4 Å². The van der Waals surface area contributed by atoms with Crippen LogP contribution >= 0.6 is 34.5 Å². The summed E-state index contributed by atoms with van der Waals surface area (Å²) >= 11 is 13.4. The van der Waals surface area contributed by atoms with Gasteiger partial charge in [0.15, 0.2) is 0 Å². The summed E-state index contributed by atoms with van der Waals surface area (Å²) in [4.78, 5) is 33.4. The minimum Gasteiger partial charge on any atom is -0.334 e. The maximum absolute atomic E-state index is 13.4. The molecule has 1 aromatic rings. The lowest BCUT2D eigenvalue weighted by molar-refractivity contribution is -0.146. The number of likely N-dealkylation sites (tertiary alicyclic amines) is 1. The molecular formula is C19H29Cl2N3O2S. The first-order valence-corrected chi connectivity index (χ1v) is 11.2. The van der Waals surface area contributed by atoms with Crippen molar-refractivity contribution in [3.8, 4) is 0 Å². The first kappa shape index (κ1) is 22.4. The van der Waals surface area contributed by atoms with Crippen molar-refractivity contribution in [1.29, 1.82) is 0 Å². The molecule has 0 spiro atoms. The second-order valence-electron chi connectivity index (χ2n) is 7.73. The van der Waals surface area contributed by atoms with Crippen molar-refractivity contribution < 1.29 is 9.59 Å². The first-order chi connectivity index (χ1) is 12.7. The fourth-order valence-electron chi connectivity index (χ4n) is 3.43. The fourth-order valence-corrected chi connectivity index (χ4v) is 4.39. The van der Waals surface area contributed by atoms with Crippen LogP contribution in [0.25, 0.3) is 0 Å². The van der Waals surface area contributed by atoms with Crippen LogP contribution in [0.4, 0.5) is 0 Å². The second-order valence-corrected chi connectivity index (χ2v) is 9.82. The zero-order valence-electron chi connectivity index (χ0n) is 16.4. The lowest BCUT2D eigenvalue weighted by Crippen LogP contribution is -2.50. The molecule has 1 aliphatic rings. The van der Waals surface area contributed by atoms with E-state index in [1.165, 1.54) is 0 Å². The monoisotopic (exact) mass is 433 g/mol. The van der Waals surface area contributed by atoms with Gasteiger partial charge in [0.05, 0.1) is 6.04 Å². The predicted molar refractivity (Wildman–Crippen MR) is 111 cm³/mol. The van der Waals surface area contributed by atoms with Crippen molar-refractivity contribution in [2.45, 2.75) is 63.4 Å². The first-order valence-electron chi connectivity index (χ1n) is 9.46. The Morgan fingerprint density at radius 2 is 2.07 bits per heavy atom. The smallest absolute Gasteiger partial charge is 0.245 e. The minimum absolute atomic E-state index is 0.0122. The standard InChI is InChI=1S/C19H29Cl2N3O2S/c1-12(2)10-15(23(4)16(25)11-13(3)17(20)21)19(26)24-8-5-6-14(24)18-22-7-9-27-18/h7,9,12-15,17H,5-6,8,10-11H2,1-4H3/t13-,14-,15+/m1/s1. The van der Waals surface area contributed by atoms with Gasteiger partial charge in [-0.25, -0.2) is 4.98 Å². The number of rotatable bonds is 8. The molecule has 0 unspecified atom stereocenters. The Hall–Kier alpha value is -0.850. The molecule has 1 saturated heterocycles. The van der Waals surface area contributed by atoms with Crippen LogP contribution in [-0.2, 0) is 9.59 Å². The van der Waals surface area contributed by atoms with Gasteiger partial charge in [-0.3, -0.25) is 9.59 Å². The van der Waals surface area contributed by atoms with Crippen LogP contribution in [0.2, 0.25) is 0 Å². The van der Waals surface area contributed by atoms with Gasteiger partial charge in [0, 0.05) is 31.6 Å². The quantitative estimate of drug-likeness (QED) is 0.566. The highest BCUT2D eigenvalue weighted by Crippen LogP contribution is 2.34. The third-order valence-corrected chi connectivity index (χ3v) is 6.78. The van der Waals surface area contributed by atoms with Gasteiger partial charge in [-0.2, -0.15) is 0 Å². The van der Waals surface area contributed by atoms with E-state index in [0.29, 0.717) is 18.9 Å². The number of alkyl halides is 2. The number of nitrogens with zero attached hydrogens (tertiary/aromatic N) is 3. The minimum atomic E-state index is -0.602. The predicted octanol–water partition coefficient (Wildman–Crippen LogP) is 4.51. The molecule has 1 aromatic heterocycles. The average molecular weight is 434 g/mol. The molecule has 0 saturated carbocycles. The van der Waals surface area contributed by atoms with Crippen LogP contribution in [0.5, 0.6) is 0 Å². The van der Waals surface area contributed by atoms with Crippen LogP contribution in [0.15, 0.2) is 11.6 Å². The number of halogens is 2. The number of aromatic nitrogens is 1. The van der Waals surface area contributed by atoms with E-state index in [0.717, 1.165) is 17.8 Å². The van der Waals surface area contributed by atoms with Crippen molar-refractivity contribution in [2.24, 2.45) is 11.8 Å². The third kappa shape index (κ3) is 5.81. The summed E-state index contributed by atoms with van der Waals surface area (Å²) in [5, 5.41) is 2.91. The van der Waals surface area contributed by atoms with Gasteiger partial charge in [0.25, 0.3) is 0 Å². The highest BCUT2D eigenvalue weighted by molar-refractivity contribution is 7.09. The Kier molecular flexibility index (Phi) is 8.38. The molecule has 0 aromatic carbocycles. The number of hydrogen-bond donors (Lipinski definition) is 0. The molecule has 0 N–H and O–H groups in total. The number of likely N-dealkylation sites (N-methyl/N-ethyl adjacent to an activating group) is 1. The van der Waals surface area contributed by atoms with E-state index in [1.807, 2.05) is 17.2 Å². The van der Waals surface area contributed by atoms with Crippen LogP contribution < -0.4 is 0 Å². The van der Waals surface area contributed by atoms with E-state index < -0.39 is 10.9 Å². The summed E-state index contributed by atoms with van der Waals surface area (Å²) in [7, 11) is 1.71. The summed E-state index contributed by atoms with van der Waals surface area (Å²) in [6.07, 6.45) is 4.51. The van der Waals surface area contributed by atoms with E-state index >= 15 is 0 Å². The van der Waals surface area contributed by atoms with E-state index in [1.54, 1.807) is 29.5 Å². The van der Waals surface area contributed by atoms with Gasteiger partial charge < -0.3 is 9.80 Å².